The van der Waals surface area contributed by atoms with Gasteiger partial charge in [0, 0.05) is 24.5 Å². The van der Waals surface area contributed by atoms with E-state index in [0.717, 1.165) is 25.0 Å². The molecule has 2 aliphatic heterocycles. The lowest BCUT2D eigenvalue weighted by Crippen LogP contribution is -2.52. The van der Waals surface area contributed by atoms with E-state index in [1.54, 1.807) is 0 Å². The lowest BCUT2D eigenvalue weighted by atomic mass is 9.76. The Bertz CT molecular complexity index is 530. The topological polar surface area (TPSA) is 20.3 Å². The maximum absolute atomic E-state index is 12.4. The molecule has 22 heavy (non-hydrogen) atoms. The summed E-state index contributed by atoms with van der Waals surface area (Å²) in [5.41, 5.74) is 2.52. The summed E-state index contributed by atoms with van der Waals surface area (Å²) in [7, 11) is 0. The molecule has 0 amide bonds. The molecule has 118 valence electrons. The first-order valence-electron chi connectivity index (χ1n) is 8.62. The van der Waals surface area contributed by atoms with Crippen LogP contribution in [0.15, 0.2) is 42.0 Å². The van der Waals surface area contributed by atoms with Gasteiger partial charge in [-0.05, 0) is 51.2 Å². The van der Waals surface area contributed by atoms with Gasteiger partial charge in [0.1, 0.15) is 0 Å². The zero-order valence-electron chi connectivity index (χ0n) is 13.8. The van der Waals surface area contributed by atoms with Crippen molar-refractivity contribution in [3.05, 3.63) is 47.5 Å². The third-order valence-corrected chi connectivity index (χ3v) is 5.17. The molecule has 0 N–H and O–H groups in total. The van der Waals surface area contributed by atoms with Crippen LogP contribution in [0.25, 0.3) is 0 Å². The maximum atomic E-state index is 12.4. The predicted molar refractivity (Wildman–Crippen MR) is 90.6 cm³/mol. The van der Waals surface area contributed by atoms with E-state index in [0.29, 0.717) is 17.9 Å². The van der Waals surface area contributed by atoms with E-state index in [4.69, 9.17) is 0 Å². The van der Waals surface area contributed by atoms with Gasteiger partial charge in [0.05, 0.1) is 0 Å². The van der Waals surface area contributed by atoms with Crippen LogP contribution >= 0.6 is 0 Å². The van der Waals surface area contributed by atoms with Crippen LogP contribution in [0.1, 0.15) is 51.5 Å². The Labute approximate surface area is 134 Å². The summed E-state index contributed by atoms with van der Waals surface area (Å²) < 4.78 is 0. The molecule has 0 spiro atoms. The smallest absolute Gasteiger partial charge is 0.158 e. The third-order valence-electron chi connectivity index (χ3n) is 5.17. The molecule has 2 fully saturated rings. The summed E-state index contributed by atoms with van der Waals surface area (Å²) in [5, 5.41) is 0. The molecule has 2 heterocycles. The van der Waals surface area contributed by atoms with E-state index in [2.05, 4.69) is 35.2 Å². The van der Waals surface area contributed by atoms with Gasteiger partial charge >= 0.3 is 0 Å². The lowest BCUT2D eigenvalue weighted by Gasteiger charge is -2.48. The van der Waals surface area contributed by atoms with E-state index in [-0.39, 0.29) is 5.92 Å². The van der Waals surface area contributed by atoms with Crippen molar-refractivity contribution in [2.45, 2.75) is 64.6 Å². The quantitative estimate of drug-likeness (QED) is 0.770. The molecule has 2 atom stereocenters. The molecule has 0 saturated carbocycles. The fourth-order valence-corrected chi connectivity index (χ4v) is 4.17. The molecule has 2 saturated heterocycles. The number of carbonyl (C=O) groups excluding carboxylic acids is 1. The molecular weight excluding hydrogens is 270 g/mol. The van der Waals surface area contributed by atoms with Crippen LogP contribution in [-0.4, -0.2) is 22.8 Å². The predicted octanol–water partition coefficient (Wildman–Crippen LogP) is 4.36. The monoisotopic (exact) mass is 297 g/mol. The van der Waals surface area contributed by atoms with Gasteiger partial charge in [0.2, 0.25) is 0 Å². The number of piperidine rings is 2. The standard InChI is InChI=1S/C20H27NO/c1-15(2)11-20(22)17-12-18-9-6-10-19(13-17)21(18)14-16-7-4-3-5-8-16/h3-5,7-8,11,17-19H,6,9-10,12-14H2,1-2H3. The Hall–Kier alpha value is -1.41. The van der Waals surface area contributed by atoms with Gasteiger partial charge in [-0.25, -0.2) is 0 Å². The summed E-state index contributed by atoms with van der Waals surface area (Å²) in [6.45, 7) is 5.08. The highest BCUT2D eigenvalue weighted by Gasteiger charge is 2.39. The molecule has 2 unspecified atom stereocenters. The number of rotatable bonds is 4. The van der Waals surface area contributed by atoms with Crippen LogP contribution in [0.4, 0.5) is 0 Å². The summed E-state index contributed by atoms with van der Waals surface area (Å²) in [6, 6.07) is 11.9. The molecule has 0 aromatic heterocycles. The van der Waals surface area contributed by atoms with Crippen LogP contribution < -0.4 is 0 Å². The number of fused-ring (bicyclic) bond motifs is 2. The van der Waals surface area contributed by atoms with Crippen molar-refractivity contribution < 1.29 is 4.79 Å². The summed E-state index contributed by atoms with van der Waals surface area (Å²) in [5.74, 6) is 0.605. The van der Waals surface area contributed by atoms with E-state index in [9.17, 15) is 4.79 Å². The van der Waals surface area contributed by atoms with Crippen LogP contribution in [-0.2, 0) is 11.3 Å². The zero-order chi connectivity index (χ0) is 15.5. The average Bonchev–Trinajstić information content (AvgIpc) is 2.47. The highest BCUT2D eigenvalue weighted by Crippen LogP contribution is 2.38. The minimum Gasteiger partial charge on any atom is -0.295 e. The Morgan fingerprint density at radius 3 is 2.36 bits per heavy atom. The van der Waals surface area contributed by atoms with Gasteiger partial charge in [-0.3, -0.25) is 9.69 Å². The largest absolute Gasteiger partial charge is 0.295 e. The van der Waals surface area contributed by atoms with Crippen LogP contribution in [0.5, 0.6) is 0 Å². The van der Waals surface area contributed by atoms with E-state index < -0.39 is 0 Å². The summed E-state index contributed by atoms with van der Waals surface area (Å²) in [4.78, 5) is 15.1. The molecular formula is C20H27NO. The number of allylic oxidation sites excluding steroid dienone is 2. The van der Waals surface area contributed by atoms with Crippen molar-refractivity contribution >= 4 is 5.78 Å². The van der Waals surface area contributed by atoms with E-state index in [1.807, 2.05) is 19.9 Å². The van der Waals surface area contributed by atoms with Crippen molar-refractivity contribution in [2.24, 2.45) is 5.92 Å². The second-order valence-electron chi connectivity index (χ2n) is 7.19. The van der Waals surface area contributed by atoms with Crippen molar-refractivity contribution in [3.8, 4) is 0 Å². The van der Waals surface area contributed by atoms with Crippen LogP contribution in [0, 0.1) is 5.92 Å². The molecule has 0 aliphatic carbocycles. The molecule has 2 nitrogen and oxygen atoms in total. The second kappa shape index (κ2) is 6.78. The fraction of sp³-hybridized carbons (Fsp3) is 0.550. The number of nitrogens with zero attached hydrogens (tertiary/aromatic N) is 1. The highest BCUT2D eigenvalue weighted by molar-refractivity contribution is 5.92. The molecule has 0 radical (unpaired) electrons. The minimum absolute atomic E-state index is 0.247. The number of ketones is 1. The molecule has 2 heteroatoms. The van der Waals surface area contributed by atoms with Gasteiger partial charge in [-0.15, -0.1) is 0 Å². The normalized spacial score (nSPS) is 28.2. The SMILES string of the molecule is CC(C)=CC(=O)C1CC2CCCC(C1)N2Cc1ccccc1. The zero-order valence-corrected chi connectivity index (χ0v) is 13.8. The van der Waals surface area contributed by atoms with Gasteiger partial charge in [-0.1, -0.05) is 42.3 Å². The lowest BCUT2D eigenvalue weighted by molar-refractivity contribution is -0.122. The number of benzene rings is 1. The van der Waals surface area contributed by atoms with Gasteiger partial charge < -0.3 is 0 Å². The van der Waals surface area contributed by atoms with Crippen molar-refractivity contribution in [3.63, 3.8) is 0 Å². The van der Waals surface area contributed by atoms with Crippen LogP contribution in [0.3, 0.4) is 0 Å². The first kappa shape index (κ1) is 15.5. The molecule has 2 bridgehead atoms. The van der Waals surface area contributed by atoms with Gasteiger partial charge in [-0.2, -0.15) is 0 Å². The van der Waals surface area contributed by atoms with E-state index in [1.165, 1.54) is 24.8 Å². The molecule has 2 aliphatic rings. The minimum atomic E-state index is 0.247. The third kappa shape index (κ3) is 3.49. The Morgan fingerprint density at radius 1 is 1.14 bits per heavy atom. The molecule has 1 aromatic carbocycles. The van der Waals surface area contributed by atoms with Gasteiger partial charge in [0.15, 0.2) is 5.78 Å². The van der Waals surface area contributed by atoms with Crippen molar-refractivity contribution in [2.75, 3.05) is 0 Å². The first-order valence-corrected chi connectivity index (χ1v) is 8.62. The molecule has 1 aromatic rings. The average molecular weight is 297 g/mol. The summed E-state index contributed by atoms with van der Waals surface area (Å²) in [6.07, 6.45) is 7.78. The Balaban J connectivity index is 1.71. The second-order valence-corrected chi connectivity index (χ2v) is 7.19. The van der Waals surface area contributed by atoms with Crippen molar-refractivity contribution in [1.82, 2.24) is 4.90 Å². The Morgan fingerprint density at radius 2 is 1.77 bits per heavy atom. The number of hydrogen-bond acceptors (Lipinski definition) is 2. The fourth-order valence-electron chi connectivity index (χ4n) is 4.17. The first-order chi connectivity index (χ1) is 10.6. The van der Waals surface area contributed by atoms with Crippen LogP contribution in [0.2, 0.25) is 0 Å². The van der Waals surface area contributed by atoms with Gasteiger partial charge in [0.25, 0.3) is 0 Å². The number of hydrogen-bond donors (Lipinski definition) is 0. The summed E-state index contributed by atoms with van der Waals surface area (Å²) >= 11 is 0. The number of carbonyl (C=O) groups is 1. The van der Waals surface area contributed by atoms with E-state index >= 15 is 0 Å². The highest BCUT2D eigenvalue weighted by atomic mass is 16.1. The maximum Gasteiger partial charge on any atom is 0.158 e. The van der Waals surface area contributed by atoms with Crippen molar-refractivity contribution in [1.29, 1.82) is 0 Å². The Kier molecular flexibility index (Phi) is 4.77. The molecule has 3 rings (SSSR count).